The molecule has 3 unspecified atom stereocenters. The van der Waals surface area contributed by atoms with Gasteiger partial charge in [0.25, 0.3) is 0 Å². The van der Waals surface area contributed by atoms with Crippen molar-refractivity contribution in [3.63, 3.8) is 0 Å². The Kier molecular flexibility index (Phi) is 4.50. The molecule has 0 saturated carbocycles. The molecule has 4 atom stereocenters. The van der Waals surface area contributed by atoms with Crippen LogP contribution in [0.15, 0.2) is 0 Å². The van der Waals surface area contributed by atoms with Crippen molar-refractivity contribution in [2.45, 2.75) is 57.6 Å². The molecular weight excluding hydrogens is 198 g/mol. The molecule has 1 heterocycles. The number of ether oxygens (including phenoxy) is 1. The van der Waals surface area contributed by atoms with Crippen molar-refractivity contribution >= 4 is 5.91 Å². The minimum Gasteiger partial charge on any atom is -0.391 e. The first-order valence-electron chi connectivity index (χ1n) is 5.33. The van der Waals surface area contributed by atoms with E-state index < -0.39 is 18.4 Å². The van der Waals surface area contributed by atoms with Crippen molar-refractivity contribution in [1.82, 2.24) is 5.32 Å². The van der Waals surface area contributed by atoms with E-state index in [9.17, 15) is 15.0 Å². The quantitative estimate of drug-likeness (QED) is 0.609. The Hall–Kier alpha value is -0.650. The van der Waals surface area contributed by atoms with Gasteiger partial charge in [0.05, 0.1) is 12.2 Å². The van der Waals surface area contributed by atoms with Gasteiger partial charge in [0.15, 0.2) is 6.29 Å². The van der Waals surface area contributed by atoms with Crippen LogP contribution in [-0.4, -0.2) is 40.7 Å². The van der Waals surface area contributed by atoms with Crippen molar-refractivity contribution in [2.24, 2.45) is 0 Å². The second kappa shape index (κ2) is 5.44. The molecule has 0 radical (unpaired) electrons. The van der Waals surface area contributed by atoms with E-state index in [1.165, 1.54) is 6.92 Å². The molecule has 0 aromatic carbocycles. The number of aliphatic hydroxyl groups is 2. The summed E-state index contributed by atoms with van der Waals surface area (Å²) < 4.78 is 5.29. The molecule has 0 aliphatic carbocycles. The van der Waals surface area contributed by atoms with Gasteiger partial charge in [0.1, 0.15) is 6.04 Å². The normalized spacial score (nSPS) is 36.3. The zero-order valence-corrected chi connectivity index (χ0v) is 9.14. The first-order chi connectivity index (χ1) is 7.04. The van der Waals surface area contributed by atoms with E-state index in [2.05, 4.69) is 5.32 Å². The Balaban J connectivity index is 2.52. The molecule has 1 aliphatic rings. The first kappa shape index (κ1) is 12.4. The smallest absolute Gasteiger partial charge is 0.217 e. The Labute approximate surface area is 89.4 Å². The van der Waals surface area contributed by atoms with Crippen LogP contribution in [0.3, 0.4) is 0 Å². The predicted molar refractivity (Wildman–Crippen MR) is 54.0 cm³/mol. The van der Waals surface area contributed by atoms with Gasteiger partial charge in [-0.05, 0) is 6.42 Å². The minimum atomic E-state index is -1.12. The largest absolute Gasteiger partial charge is 0.391 e. The highest BCUT2D eigenvalue weighted by Crippen LogP contribution is 2.21. The Morgan fingerprint density at radius 1 is 1.53 bits per heavy atom. The third-order valence-corrected chi connectivity index (χ3v) is 2.54. The monoisotopic (exact) mass is 217 g/mol. The second-order valence-corrected chi connectivity index (χ2v) is 3.97. The summed E-state index contributed by atoms with van der Waals surface area (Å²) >= 11 is 0. The summed E-state index contributed by atoms with van der Waals surface area (Å²) in [5.41, 5.74) is 0. The number of aliphatic hydroxyl groups excluding tert-OH is 2. The number of amides is 1. The third kappa shape index (κ3) is 3.44. The lowest BCUT2D eigenvalue weighted by Gasteiger charge is -2.37. The van der Waals surface area contributed by atoms with Gasteiger partial charge >= 0.3 is 0 Å². The summed E-state index contributed by atoms with van der Waals surface area (Å²) in [6.07, 6.45) is 0.222. The molecule has 1 fully saturated rings. The Bertz CT molecular complexity index is 209. The maximum atomic E-state index is 10.8. The average Bonchev–Trinajstić information content (AvgIpc) is 2.11. The topological polar surface area (TPSA) is 78.8 Å². The molecule has 1 amide bonds. The molecule has 0 aromatic heterocycles. The highest BCUT2D eigenvalue weighted by Gasteiger charge is 2.36. The van der Waals surface area contributed by atoms with Crippen molar-refractivity contribution in [2.75, 3.05) is 0 Å². The summed E-state index contributed by atoms with van der Waals surface area (Å²) in [5, 5.41) is 21.8. The van der Waals surface area contributed by atoms with E-state index in [0.29, 0.717) is 6.42 Å². The van der Waals surface area contributed by atoms with Crippen molar-refractivity contribution in [3.05, 3.63) is 0 Å². The predicted octanol–water partition coefficient (Wildman–Crippen LogP) is -0.241. The van der Waals surface area contributed by atoms with Gasteiger partial charge in [-0.1, -0.05) is 13.3 Å². The zero-order chi connectivity index (χ0) is 11.4. The molecular formula is C10H19NO4. The molecule has 1 rings (SSSR count). The second-order valence-electron chi connectivity index (χ2n) is 3.97. The Morgan fingerprint density at radius 2 is 2.20 bits per heavy atom. The van der Waals surface area contributed by atoms with Crippen LogP contribution in [0.25, 0.3) is 0 Å². The van der Waals surface area contributed by atoms with Gasteiger partial charge in [0, 0.05) is 13.3 Å². The van der Waals surface area contributed by atoms with Crippen LogP contribution in [0, 0.1) is 0 Å². The fourth-order valence-corrected chi connectivity index (χ4v) is 1.85. The van der Waals surface area contributed by atoms with E-state index >= 15 is 0 Å². The molecule has 0 spiro atoms. The molecule has 1 saturated heterocycles. The maximum Gasteiger partial charge on any atom is 0.217 e. The molecule has 0 bridgehead atoms. The highest BCUT2D eigenvalue weighted by molar-refractivity contribution is 5.73. The summed E-state index contributed by atoms with van der Waals surface area (Å²) in [5.74, 6) is -0.282. The van der Waals surface area contributed by atoms with Gasteiger partial charge in [-0.3, -0.25) is 4.79 Å². The fourth-order valence-electron chi connectivity index (χ4n) is 1.85. The van der Waals surface area contributed by atoms with Crippen LogP contribution < -0.4 is 5.32 Å². The Morgan fingerprint density at radius 3 is 2.67 bits per heavy atom. The van der Waals surface area contributed by atoms with Crippen LogP contribution in [-0.2, 0) is 9.53 Å². The van der Waals surface area contributed by atoms with E-state index in [-0.39, 0.29) is 12.0 Å². The molecule has 0 aromatic rings. The van der Waals surface area contributed by atoms with Gasteiger partial charge in [-0.25, -0.2) is 0 Å². The number of carbonyl (C=O) groups is 1. The van der Waals surface area contributed by atoms with Crippen LogP contribution >= 0.6 is 0 Å². The van der Waals surface area contributed by atoms with E-state index in [0.717, 1.165) is 12.8 Å². The number of hydrogen-bond acceptors (Lipinski definition) is 4. The molecule has 1 aliphatic heterocycles. The molecule has 88 valence electrons. The summed E-state index contributed by atoms with van der Waals surface area (Å²) in [6, 6.07) is -0.712. The van der Waals surface area contributed by atoms with Crippen molar-refractivity contribution in [3.8, 4) is 0 Å². The van der Waals surface area contributed by atoms with Gasteiger partial charge in [0.2, 0.25) is 5.91 Å². The van der Waals surface area contributed by atoms with Crippen molar-refractivity contribution in [1.29, 1.82) is 0 Å². The lowest BCUT2D eigenvalue weighted by molar-refractivity contribution is -0.208. The highest BCUT2D eigenvalue weighted by atomic mass is 16.6. The van der Waals surface area contributed by atoms with E-state index in [4.69, 9.17) is 4.74 Å². The molecule has 5 nitrogen and oxygen atoms in total. The first-order valence-corrected chi connectivity index (χ1v) is 5.33. The molecule has 15 heavy (non-hydrogen) atoms. The van der Waals surface area contributed by atoms with Crippen LogP contribution in [0.2, 0.25) is 0 Å². The fraction of sp³-hybridized carbons (Fsp3) is 0.900. The summed E-state index contributed by atoms with van der Waals surface area (Å²) in [4.78, 5) is 10.8. The third-order valence-electron chi connectivity index (χ3n) is 2.54. The van der Waals surface area contributed by atoms with Gasteiger partial charge in [-0.15, -0.1) is 0 Å². The standard InChI is InChI=1S/C10H19NO4/c1-3-4-7-5-8(13)9(10(14)15-7)11-6(2)12/h7-10,13-14H,3-5H2,1-2H3,(H,11,12)/t7?,8?,9?,10-/m1/s1. The van der Waals surface area contributed by atoms with Crippen LogP contribution in [0.4, 0.5) is 0 Å². The molecule has 5 heteroatoms. The summed E-state index contributed by atoms with van der Waals surface area (Å²) in [7, 11) is 0. The van der Waals surface area contributed by atoms with Crippen LogP contribution in [0.1, 0.15) is 33.1 Å². The number of carbonyl (C=O) groups excluding carboxylic acids is 1. The van der Waals surface area contributed by atoms with Crippen LogP contribution in [0.5, 0.6) is 0 Å². The minimum absolute atomic E-state index is 0.120. The summed E-state index contributed by atoms with van der Waals surface area (Å²) in [6.45, 7) is 3.36. The zero-order valence-electron chi connectivity index (χ0n) is 9.14. The lowest BCUT2D eigenvalue weighted by Crippen LogP contribution is -2.56. The van der Waals surface area contributed by atoms with E-state index in [1.807, 2.05) is 6.92 Å². The average molecular weight is 217 g/mol. The van der Waals surface area contributed by atoms with Gasteiger partial charge < -0.3 is 20.3 Å². The number of nitrogens with one attached hydrogen (secondary N) is 1. The number of rotatable bonds is 3. The van der Waals surface area contributed by atoms with Crippen molar-refractivity contribution < 1.29 is 19.7 Å². The molecule has 3 N–H and O–H groups in total. The SMILES string of the molecule is CCCC1CC(O)C(NC(C)=O)[C@H](O)O1. The maximum absolute atomic E-state index is 10.8. The van der Waals surface area contributed by atoms with E-state index in [1.54, 1.807) is 0 Å². The van der Waals surface area contributed by atoms with Gasteiger partial charge in [-0.2, -0.15) is 0 Å². The lowest BCUT2D eigenvalue weighted by atomic mass is 9.97. The number of hydrogen-bond donors (Lipinski definition) is 3.